The van der Waals surface area contributed by atoms with E-state index in [1.54, 1.807) is 47.4 Å². The highest BCUT2D eigenvalue weighted by atomic mass is 16.5. The maximum Gasteiger partial charge on any atom is 0.337 e. The summed E-state index contributed by atoms with van der Waals surface area (Å²) >= 11 is 0. The summed E-state index contributed by atoms with van der Waals surface area (Å²) in [4.78, 5) is 154. The Morgan fingerprint density at radius 2 is 0.488 bits per heavy atom. The molecule has 0 bridgehead atoms. The van der Waals surface area contributed by atoms with Gasteiger partial charge in [0.25, 0.3) is 11.8 Å². The Morgan fingerprint density at radius 1 is 0.288 bits per heavy atom. The molecule has 6 aliphatic heterocycles. The number of aryl methyl sites for hydroxylation is 6. The molecule has 0 aromatic heterocycles. The van der Waals surface area contributed by atoms with E-state index in [4.69, 9.17) is 29.4 Å². The third-order valence-corrected chi connectivity index (χ3v) is 29.4. The highest BCUT2D eigenvalue weighted by molar-refractivity contribution is 5.96. The van der Waals surface area contributed by atoms with Gasteiger partial charge in [-0.25, -0.2) is 30.1 Å². The first-order valence-corrected chi connectivity index (χ1v) is 44.4. The fraction of sp³-hybridized carbons (Fsp3) is 0.515. The largest absolute Gasteiger partial charge is 0.465 e. The molecule has 6 saturated heterocycles. The number of likely N-dealkylation sites (tertiary alicyclic amines) is 5. The number of carbonyl (C=O) groups is 12. The van der Waals surface area contributed by atoms with Crippen molar-refractivity contribution >= 4 is 71.1 Å². The van der Waals surface area contributed by atoms with Gasteiger partial charge in [0, 0.05) is 85.6 Å². The van der Waals surface area contributed by atoms with E-state index < -0.39 is 11.8 Å². The minimum Gasteiger partial charge on any atom is -0.465 e. The lowest BCUT2D eigenvalue weighted by molar-refractivity contribution is -0.146. The first-order chi connectivity index (χ1) is 59.9. The molecular weight excluding hydrogens is 1590 g/mol. The van der Waals surface area contributed by atoms with Crippen LogP contribution in [-0.2, 0) is 125 Å². The number of amides is 8. The zero-order valence-electron chi connectivity index (χ0n) is 74.0. The van der Waals surface area contributed by atoms with Crippen LogP contribution in [0.4, 0.5) is 0 Å². The SMILES string of the molecule is CN1CCCC2(CCc3cc(C(=O)NO)ccc3C2)C1=O.CN1CCCC2(CCc3cc(C(=O)NO)ccc3C2)C1=O.COC(=O)c1ccc2c(c1)CCC1(CCCN(C)C1=O)C2.COC(=O)c1ccc2c(c1)CCC1(CCCN(C)C1=O)C2.COC(=O)c1ccc2c(c1)CCC1(CCCN(C)C1=O)C2.COC(=O)c1ccc2c(c1)CCC1(CCCNC1=O)C2. The summed E-state index contributed by atoms with van der Waals surface area (Å²) in [5.41, 5.74) is 19.3. The van der Waals surface area contributed by atoms with Crippen LogP contribution in [0.25, 0.3) is 0 Å². The van der Waals surface area contributed by atoms with Crippen LogP contribution in [0.15, 0.2) is 109 Å². The van der Waals surface area contributed by atoms with Crippen molar-refractivity contribution in [1.82, 2.24) is 40.8 Å². The topological polar surface area (TPSA) is 335 Å². The second kappa shape index (κ2) is 38.8. The van der Waals surface area contributed by atoms with E-state index in [-0.39, 0.29) is 91.8 Å². The molecular formula is C99H122N8O18. The minimum absolute atomic E-state index is 0.200. The van der Waals surface area contributed by atoms with E-state index >= 15 is 0 Å². The molecule has 6 heterocycles. The van der Waals surface area contributed by atoms with Gasteiger partial charge in [-0.15, -0.1) is 0 Å². The van der Waals surface area contributed by atoms with Crippen molar-refractivity contribution in [3.05, 3.63) is 209 Å². The molecule has 6 aromatic rings. The smallest absolute Gasteiger partial charge is 0.337 e. The van der Waals surface area contributed by atoms with Crippen molar-refractivity contribution in [2.45, 2.75) is 193 Å². The summed E-state index contributed by atoms with van der Waals surface area (Å²) < 4.78 is 19.1. The molecule has 5 N–H and O–H groups in total. The third kappa shape index (κ3) is 19.3. The molecule has 8 amide bonds. The number of nitrogens with one attached hydrogen (secondary N) is 3. The number of carbonyl (C=O) groups excluding carboxylic acids is 12. The van der Waals surface area contributed by atoms with Crippen LogP contribution >= 0.6 is 0 Å². The Bertz CT molecular complexity index is 4570. The molecule has 666 valence electrons. The van der Waals surface area contributed by atoms with Gasteiger partial charge in [-0.2, -0.15) is 0 Å². The van der Waals surface area contributed by atoms with Gasteiger partial charge in [0.2, 0.25) is 35.4 Å². The maximum absolute atomic E-state index is 12.6. The normalized spacial score (nSPS) is 24.9. The van der Waals surface area contributed by atoms with Crippen LogP contribution in [0.2, 0.25) is 0 Å². The number of hydrogen-bond donors (Lipinski definition) is 5. The minimum atomic E-state index is -0.494. The molecule has 26 heteroatoms. The van der Waals surface area contributed by atoms with Crippen LogP contribution in [-0.4, -0.2) is 209 Å². The van der Waals surface area contributed by atoms with E-state index in [0.717, 1.165) is 254 Å². The van der Waals surface area contributed by atoms with E-state index in [1.807, 2.05) is 133 Å². The standard InChI is InChI=1S/3C17H21NO3.2C16H20N2O3.C16H19NO3/c3*1-18-9-3-7-17(16(18)20)8-6-12-10-13(15(19)21-2)4-5-14(12)11-17;2*1-18-8-2-6-16(15(18)20)7-5-11-9-12(14(19)17-21)3-4-13(11)10-16;1-20-14(18)12-3-4-13-10-16(7-5-11(13)9-12)6-2-8-17-15(16)19/h3*4-5,10H,3,6-9,11H2,1-2H3;2*3-4,9,21H,2,5-8,10H2,1H3,(H,17,19);3-4,9H,2,5-8,10H2,1H3,(H,17,19). The van der Waals surface area contributed by atoms with E-state index in [1.165, 1.54) is 72.9 Å². The predicted octanol–water partition coefficient (Wildman–Crippen LogP) is 11.5. The number of piperidine rings is 6. The van der Waals surface area contributed by atoms with Crippen LogP contribution < -0.4 is 16.3 Å². The number of fused-ring (bicyclic) bond motifs is 6. The van der Waals surface area contributed by atoms with Crippen LogP contribution in [0.3, 0.4) is 0 Å². The van der Waals surface area contributed by atoms with Gasteiger partial charge < -0.3 is 48.8 Å². The molecule has 26 nitrogen and oxygen atoms in total. The Hall–Kier alpha value is -11.1. The van der Waals surface area contributed by atoms with Crippen molar-refractivity contribution in [2.24, 2.45) is 32.5 Å². The molecule has 6 fully saturated rings. The third-order valence-electron chi connectivity index (χ3n) is 29.4. The number of methoxy groups -OCH3 is 4. The average molecular weight is 1710 g/mol. The molecule has 6 unspecified atom stereocenters. The lowest BCUT2D eigenvalue weighted by Crippen LogP contribution is -2.49. The van der Waals surface area contributed by atoms with Gasteiger partial charge in [-0.1, -0.05) is 36.4 Å². The summed E-state index contributed by atoms with van der Waals surface area (Å²) in [5, 5.41) is 20.4. The van der Waals surface area contributed by atoms with Gasteiger partial charge in [0.1, 0.15) is 0 Å². The molecule has 6 aromatic carbocycles. The van der Waals surface area contributed by atoms with E-state index in [0.29, 0.717) is 33.4 Å². The second-order valence-electron chi connectivity index (χ2n) is 37.0. The summed E-state index contributed by atoms with van der Waals surface area (Å²) in [6, 6.07) is 33.7. The van der Waals surface area contributed by atoms with Crippen molar-refractivity contribution in [3.8, 4) is 0 Å². The van der Waals surface area contributed by atoms with Crippen LogP contribution in [0.1, 0.15) is 244 Å². The van der Waals surface area contributed by atoms with Gasteiger partial charge in [0.15, 0.2) is 0 Å². The molecule has 6 aliphatic carbocycles. The van der Waals surface area contributed by atoms with Crippen molar-refractivity contribution in [1.29, 1.82) is 0 Å². The number of esters is 4. The number of hydroxylamine groups is 2. The van der Waals surface area contributed by atoms with Gasteiger partial charge in [0.05, 0.1) is 83.2 Å². The Labute approximate surface area is 732 Å². The number of nitrogens with zero attached hydrogens (tertiary/aromatic N) is 5. The highest BCUT2D eigenvalue weighted by Crippen LogP contribution is 2.49. The number of rotatable bonds is 6. The predicted molar refractivity (Wildman–Crippen MR) is 466 cm³/mol. The summed E-state index contributed by atoms with van der Waals surface area (Å²) in [6.07, 6.45) is 27.2. The van der Waals surface area contributed by atoms with Crippen molar-refractivity contribution in [3.63, 3.8) is 0 Å². The number of benzene rings is 6. The fourth-order valence-electron chi connectivity index (χ4n) is 22.2. The molecule has 0 radical (unpaired) electrons. The first-order valence-electron chi connectivity index (χ1n) is 44.4. The average Bonchev–Trinajstić information content (AvgIpc) is 0.776. The van der Waals surface area contributed by atoms with Gasteiger partial charge in [-0.05, 0) is 332 Å². The molecule has 12 aliphatic rings. The van der Waals surface area contributed by atoms with E-state index in [9.17, 15) is 57.5 Å². The summed E-state index contributed by atoms with van der Waals surface area (Å²) in [6.45, 7) is 5.11. The highest BCUT2D eigenvalue weighted by Gasteiger charge is 2.51. The van der Waals surface area contributed by atoms with Gasteiger partial charge in [-0.3, -0.25) is 48.8 Å². The maximum atomic E-state index is 12.6. The second-order valence-corrected chi connectivity index (χ2v) is 37.0. The van der Waals surface area contributed by atoms with E-state index in [2.05, 4.69) is 5.32 Å². The Morgan fingerprint density at radius 3 is 0.704 bits per heavy atom. The first kappa shape index (κ1) is 91.6. The molecule has 6 spiro atoms. The monoisotopic (exact) mass is 1710 g/mol. The van der Waals surface area contributed by atoms with Gasteiger partial charge >= 0.3 is 23.9 Å². The summed E-state index contributed by atoms with van der Waals surface area (Å²) in [7, 11) is 15.1. The van der Waals surface area contributed by atoms with Crippen LogP contribution in [0.5, 0.6) is 0 Å². The Balaban J connectivity index is 0.000000129. The molecule has 125 heavy (non-hydrogen) atoms. The number of hydrogen-bond acceptors (Lipinski definition) is 18. The molecule has 18 rings (SSSR count). The molecule has 6 atom stereocenters. The fourth-order valence-corrected chi connectivity index (χ4v) is 22.2. The zero-order valence-corrected chi connectivity index (χ0v) is 74.0. The quantitative estimate of drug-likeness (QED) is 0.0448. The van der Waals surface area contributed by atoms with Crippen molar-refractivity contribution < 1.29 is 86.9 Å². The lowest BCUT2D eigenvalue weighted by Gasteiger charge is -2.43. The summed E-state index contributed by atoms with van der Waals surface area (Å²) in [5.74, 6) is -0.602. The van der Waals surface area contributed by atoms with Crippen LogP contribution in [0, 0.1) is 32.5 Å². The van der Waals surface area contributed by atoms with Crippen molar-refractivity contribution in [2.75, 3.05) is 103 Å². The lowest BCUT2D eigenvalue weighted by atomic mass is 9.66. The zero-order chi connectivity index (χ0) is 89.3. The number of ether oxygens (including phenoxy) is 4. The Kier molecular flexibility index (Phi) is 28.4. The molecule has 0 saturated carbocycles.